The maximum atomic E-state index is 12.4. The van der Waals surface area contributed by atoms with E-state index < -0.39 is 24.3 Å². The molecule has 180 valence electrons. The molecule has 1 aliphatic heterocycles. The zero-order chi connectivity index (χ0) is 24.0. The van der Waals surface area contributed by atoms with Crippen LogP contribution in [0.4, 0.5) is 0 Å². The van der Waals surface area contributed by atoms with Crippen molar-refractivity contribution in [3.05, 3.63) is 59.2 Å². The average molecular weight is 460 g/mol. The molecule has 8 heteroatoms. The number of benzene rings is 1. The zero-order valence-electron chi connectivity index (χ0n) is 18.6. The van der Waals surface area contributed by atoms with Gasteiger partial charge in [-0.2, -0.15) is 0 Å². The van der Waals surface area contributed by atoms with E-state index in [-0.39, 0.29) is 31.0 Å². The van der Waals surface area contributed by atoms with Gasteiger partial charge in [0.05, 0.1) is 31.2 Å². The van der Waals surface area contributed by atoms with Gasteiger partial charge in [0, 0.05) is 0 Å². The van der Waals surface area contributed by atoms with E-state index in [9.17, 15) is 14.7 Å². The number of rotatable bonds is 12. The number of allylic oxidation sites excluding steroid dienone is 2. The van der Waals surface area contributed by atoms with Crippen LogP contribution in [0.15, 0.2) is 48.1 Å². The van der Waals surface area contributed by atoms with Crippen LogP contribution < -0.4 is 0 Å². The lowest BCUT2D eigenvalue weighted by molar-refractivity contribution is -0.159. The van der Waals surface area contributed by atoms with Crippen molar-refractivity contribution in [3.63, 3.8) is 0 Å². The highest BCUT2D eigenvalue weighted by atomic mass is 16.5. The molecular formula is C25H33NO7. The van der Waals surface area contributed by atoms with E-state index in [1.165, 1.54) is 0 Å². The number of nitrogens with zero attached hydrogens (tertiary/aromatic N) is 1. The topological polar surface area (TPSA) is 139 Å². The van der Waals surface area contributed by atoms with Crippen LogP contribution in [0.25, 0.3) is 0 Å². The number of aliphatic carboxylic acids is 1. The molecule has 5 N–H and O–H groups in total. The molecule has 1 saturated heterocycles. The van der Waals surface area contributed by atoms with E-state index in [2.05, 4.69) is 6.08 Å². The highest BCUT2D eigenvalue weighted by Crippen LogP contribution is 2.38. The standard InChI is InChI=1S/C25H33NO7/c27-15-20(28)13-8-17-6-11-19(12-7-17)26-22(14-23(26)29)18-9-4-16(5-10-18)2-1-3-21(24(30)31)25(32)33/h4-7,9-11,19-22,24,27-28,30-31H,1-3,8,12-15H2,(H,32,33). The summed E-state index contributed by atoms with van der Waals surface area (Å²) in [5.74, 6) is -2.28. The molecule has 0 radical (unpaired) electrons. The number of aliphatic hydroxyl groups is 4. The normalized spacial score (nSPS) is 22.2. The number of carbonyl (C=O) groups excluding carboxylic acids is 1. The third kappa shape index (κ3) is 6.51. The summed E-state index contributed by atoms with van der Waals surface area (Å²) in [5.41, 5.74) is 3.19. The van der Waals surface area contributed by atoms with Crippen LogP contribution in [0.2, 0.25) is 0 Å². The SMILES string of the molecule is O=C(O)C(CCCc1ccc(C2CC(=O)N2C2C=CC(CCC(O)CO)=CC2)cc1)C(O)O. The molecule has 4 atom stereocenters. The van der Waals surface area contributed by atoms with Crippen LogP contribution in [-0.4, -0.2) is 67.4 Å². The van der Waals surface area contributed by atoms with Crippen molar-refractivity contribution in [2.45, 2.75) is 69.4 Å². The molecule has 0 aromatic heterocycles. The van der Waals surface area contributed by atoms with Crippen LogP contribution in [0.1, 0.15) is 55.7 Å². The fourth-order valence-electron chi connectivity index (χ4n) is 4.43. The third-order valence-electron chi connectivity index (χ3n) is 6.50. The number of carboxylic acid groups (broad SMARTS) is 1. The maximum Gasteiger partial charge on any atom is 0.311 e. The Labute approximate surface area is 193 Å². The van der Waals surface area contributed by atoms with Gasteiger partial charge in [0.15, 0.2) is 6.29 Å². The second-order valence-corrected chi connectivity index (χ2v) is 8.83. The van der Waals surface area contributed by atoms with E-state index in [0.717, 1.165) is 23.1 Å². The second-order valence-electron chi connectivity index (χ2n) is 8.83. The van der Waals surface area contributed by atoms with E-state index in [0.29, 0.717) is 32.1 Å². The van der Waals surface area contributed by atoms with Gasteiger partial charge >= 0.3 is 5.97 Å². The lowest BCUT2D eigenvalue weighted by atomic mass is 9.88. The number of carbonyl (C=O) groups is 2. The molecule has 1 aromatic rings. The van der Waals surface area contributed by atoms with Crippen molar-refractivity contribution in [2.24, 2.45) is 5.92 Å². The Hall–Kier alpha value is -2.52. The molecule has 8 nitrogen and oxygen atoms in total. The second kappa shape index (κ2) is 11.6. The molecule has 0 saturated carbocycles. The fourth-order valence-corrected chi connectivity index (χ4v) is 4.43. The number of likely N-dealkylation sites (tertiary alicyclic amines) is 1. The van der Waals surface area contributed by atoms with Gasteiger partial charge in [0.1, 0.15) is 5.92 Å². The van der Waals surface area contributed by atoms with Gasteiger partial charge in [-0.05, 0) is 49.7 Å². The Kier molecular flexibility index (Phi) is 8.80. The number of hydrogen-bond acceptors (Lipinski definition) is 6. The first-order valence-corrected chi connectivity index (χ1v) is 11.4. The Morgan fingerprint density at radius 3 is 2.36 bits per heavy atom. The highest BCUT2D eigenvalue weighted by Gasteiger charge is 2.40. The number of carboxylic acids is 1. The van der Waals surface area contributed by atoms with E-state index in [4.69, 9.17) is 20.4 Å². The minimum atomic E-state index is -1.86. The van der Waals surface area contributed by atoms with Gasteiger partial charge in [0.2, 0.25) is 5.91 Å². The smallest absolute Gasteiger partial charge is 0.311 e. The summed E-state index contributed by atoms with van der Waals surface area (Å²) >= 11 is 0. The summed E-state index contributed by atoms with van der Waals surface area (Å²) in [6.07, 6.45) is 7.29. The van der Waals surface area contributed by atoms with Crippen molar-refractivity contribution in [3.8, 4) is 0 Å². The zero-order valence-corrected chi connectivity index (χ0v) is 18.6. The van der Waals surface area contributed by atoms with Crippen LogP contribution in [0.5, 0.6) is 0 Å². The van der Waals surface area contributed by atoms with E-state index in [1.807, 2.05) is 41.3 Å². The molecule has 4 unspecified atom stereocenters. The van der Waals surface area contributed by atoms with Crippen molar-refractivity contribution in [2.75, 3.05) is 6.61 Å². The van der Waals surface area contributed by atoms with Crippen LogP contribution in [0.3, 0.4) is 0 Å². The van der Waals surface area contributed by atoms with Gasteiger partial charge in [0.25, 0.3) is 0 Å². The monoisotopic (exact) mass is 459 g/mol. The van der Waals surface area contributed by atoms with Gasteiger partial charge in [-0.3, -0.25) is 9.59 Å². The molecule has 0 bridgehead atoms. The van der Waals surface area contributed by atoms with Crippen molar-refractivity contribution >= 4 is 11.9 Å². The predicted octanol–water partition coefficient (Wildman–Crippen LogP) is 1.68. The van der Waals surface area contributed by atoms with Crippen molar-refractivity contribution in [1.82, 2.24) is 4.90 Å². The number of aliphatic hydroxyl groups excluding tert-OH is 3. The quantitative estimate of drug-likeness (QED) is 0.237. The molecule has 1 heterocycles. The van der Waals surface area contributed by atoms with Crippen LogP contribution in [-0.2, 0) is 16.0 Å². The first kappa shape index (κ1) is 25.1. The minimum Gasteiger partial charge on any atom is -0.481 e. The Balaban J connectivity index is 1.52. The molecule has 1 aromatic carbocycles. The molecule has 3 rings (SSSR count). The summed E-state index contributed by atoms with van der Waals surface area (Å²) in [7, 11) is 0. The molecule has 1 amide bonds. The van der Waals surface area contributed by atoms with Gasteiger partial charge in [-0.15, -0.1) is 0 Å². The summed E-state index contributed by atoms with van der Waals surface area (Å²) < 4.78 is 0. The van der Waals surface area contributed by atoms with E-state index in [1.54, 1.807) is 0 Å². The summed E-state index contributed by atoms with van der Waals surface area (Å²) in [4.78, 5) is 25.3. The maximum absolute atomic E-state index is 12.4. The predicted molar refractivity (Wildman–Crippen MR) is 121 cm³/mol. The number of aryl methyl sites for hydroxylation is 1. The lowest BCUT2D eigenvalue weighted by Gasteiger charge is -2.45. The molecule has 2 aliphatic rings. The Morgan fingerprint density at radius 2 is 1.82 bits per heavy atom. The highest BCUT2D eigenvalue weighted by molar-refractivity contribution is 5.84. The Bertz CT molecular complexity index is 877. The summed E-state index contributed by atoms with van der Waals surface area (Å²) in [6, 6.07) is 7.97. The largest absolute Gasteiger partial charge is 0.481 e. The first-order chi connectivity index (χ1) is 15.8. The fraction of sp³-hybridized carbons (Fsp3) is 0.520. The third-order valence-corrected chi connectivity index (χ3v) is 6.50. The summed E-state index contributed by atoms with van der Waals surface area (Å²) in [6.45, 7) is -0.239. The molecule has 1 aliphatic carbocycles. The van der Waals surface area contributed by atoms with Gasteiger partial charge in [-0.1, -0.05) is 48.1 Å². The number of hydrogen-bond donors (Lipinski definition) is 5. The van der Waals surface area contributed by atoms with Crippen LogP contribution in [0, 0.1) is 5.92 Å². The molecular weight excluding hydrogens is 426 g/mol. The summed E-state index contributed by atoms with van der Waals surface area (Å²) in [5, 5.41) is 45.8. The van der Waals surface area contributed by atoms with Gasteiger partial charge < -0.3 is 30.4 Å². The first-order valence-electron chi connectivity index (χ1n) is 11.4. The Morgan fingerprint density at radius 1 is 1.09 bits per heavy atom. The molecule has 1 fully saturated rings. The number of amides is 1. The average Bonchev–Trinajstić information content (AvgIpc) is 2.79. The lowest BCUT2D eigenvalue weighted by Crippen LogP contribution is -2.51. The van der Waals surface area contributed by atoms with Crippen molar-refractivity contribution in [1.29, 1.82) is 0 Å². The molecule has 0 spiro atoms. The number of β-lactam (4-membered cyclic amide) rings is 1. The van der Waals surface area contributed by atoms with Gasteiger partial charge in [-0.25, -0.2) is 0 Å². The van der Waals surface area contributed by atoms with Crippen molar-refractivity contribution < 1.29 is 35.1 Å². The molecule has 33 heavy (non-hydrogen) atoms. The van der Waals surface area contributed by atoms with E-state index >= 15 is 0 Å². The van der Waals surface area contributed by atoms with Crippen LogP contribution >= 0.6 is 0 Å². The minimum absolute atomic E-state index is 0.000281.